The van der Waals surface area contributed by atoms with E-state index in [0.717, 1.165) is 10.0 Å². The van der Waals surface area contributed by atoms with E-state index in [1.165, 1.54) is 5.56 Å². The Morgan fingerprint density at radius 3 is 2.33 bits per heavy atom. The van der Waals surface area contributed by atoms with E-state index in [0.29, 0.717) is 0 Å². The summed E-state index contributed by atoms with van der Waals surface area (Å²) in [5, 5.41) is 8.84. The van der Waals surface area contributed by atoms with Crippen LogP contribution in [0.3, 0.4) is 0 Å². The topological polar surface area (TPSA) is 23.8 Å². The second-order valence-electron chi connectivity index (χ2n) is 4.84. The minimum absolute atomic E-state index is 0.0460. The van der Waals surface area contributed by atoms with E-state index >= 15 is 0 Å². The summed E-state index contributed by atoms with van der Waals surface area (Å²) in [6, 6.07) is 8.44. The highest BCUT2D eigenvalue weighted by molar-refractivity contribution is 9.10. The Hall–Kier alpha value is -0.810. The summed E-state index contributed by atoms with van der Waals surface area (Å²) in [6.45, 7) is 8.46. The fourth-order valence-corrected chi connectivity index (χ4v) is 2.47. The number of hydrogen-bond acceptors (Lipinski definition) is 1. The first-order chi connectivity index (χ1) is 6.86. The SMILES string of the molecule is CC(C#N)c1ccc(C(C)(C)C)c(Br)c1. The Kier molecular flexibility index (Phi) is 3.57. The molecule has 1 aromatic rings. The van der Waals surface area contributed by atoms with Crippen LogP contribution in [-0.4, -0.2) is 0 Å². The van der Waals surface area contributed by atoms with Gasteiger partial charge in [0.2, 0.25) is 0 Å². The lowest BCUT2D eigenvalue weighted by molar-refractivity contribution is 0.586. The summed E-state index contributed by atoms with van der Waals surface area (Å²) >= 11 is 3.57. The molecule has 0 amide bonds. The highest BCUT2D eigenvalue weighted by Gasteiger charge is 2.17. The van der Waals surface area contributed by atoms with Gasteiger partial charge in [0.25, 0.3) is 0 Å². The predicted octanol–water partition coefficient (Wildman–Crippen LogP) is 4.37. The standard InChI is InChI=1S/C13H16BrN/c1-9(8-15)10-5-6-11(12(14)7-10)13(2,3)4/h5-7,9H,1-4H3. The van der Waals surface area contributed by atoms with Crippen LogP contribution in [0.15, 0.2) is 22.7 Å². The first kappa shape index (κ1) is 12.3. The Labute approximate surface area is 100 Å². The van der Waals surface area contributed by atoms with Crippen molar-refractivity contribution in [3.8, 4) is 6.07 Å². The molecule has 1 unspecified atom stereocenters. The monoisotopic (exact) mass is 265 g/mol. The van der Waals surface area contributed by atoms with Crippen molar-refractivity contribution in [2.75, 3.05) is 0 Å². The summed E-state index contributed by atoms with van der Waals surface area (Å²) in [5.41, 5.74) is 2.47. The number of nitriles is 1. The molecule has 0 saturated heterocycles. The molecule has 0 spiro atoms. The van der Waals surface area contributed by atoms with Crippen LogP contribution in [0.5, 0.6) is 0 Å². The lowest BCUT2D eigenvalue weighted by Gasteiger charge is -2.21. The molecule has 0 saturated carbocycles. The molecule has 0 aromatic heterocycles. The van der Waals surface area contributed by atoms with Gasteiger partial charge in [0, 0.05) is 4.47 Å². The lowest BCUT2D eigenvalue weighted by Crippen LogP contribution is -2.12. The Balaban J connectivity index is 3.16. The van der Waals surface area contributed by atoms with Gasteiger partial charge in [-0.2, -0.15) is 5.26 Å². The van der Waals surface area contributed by atoms with E-state index in [4.69, 9.17) is 5.26 Å². The van der Waals surface area contributed by atoms with E-state index < -0.39 is 0 Å². The van der Waals surface area contributed by atoms with Crippen molar-refractivity contribution in [2.45, 2.75) is 39.0 Å². The van der Waals surface area contributed by atoms with Crippen molar-refractivity contribution in [1.82, 2.24) is 0 Å². The molecule has 1 rings (SSSR count). The molecular formula is C13H16BrN. The van der Waals surface area contributed by atoms with Gasteiger partial charge in [-0.25, -0.2) is 0 Å². The quantitative estimate of drug-likeness (QED) is 0.740. The lowest BCUT2D eigenvalue weighted by atomic mass is 9.86. The van der Waals surface area contributed by atoms with Gasteiger partial charge in [-0.05, 0) is 29.5 Å². The number of hydrogen-bond donors (Lipinski definition) is 0. The van der Waals surface area contributed by atoms with Crippen molar-refractivity contribution < 1.29 is 0 Å². The van der Waals surface area contributed by atoms with E-state index in [-0.39, 0.29) is 11.3 Å². The van der Waals surface area contributed by atoms with Gasteiger partial charge in [-0.1, -0.05) is 48.8 Å². The third kappa shape index (κ3) is 2.82. The van der Waals surface area contributed by atoms with Gasteiger partial charge in [-0.15, -0.1) is 0 Å². The van der Waals surface area contributed by atoms with Gasteiger partial charge < -0.3 is 0 Å². The molecule has 0 aliphatic carbocycles. The molecule has 80 valence electrons. The third-order valence-electron chi connectivity index (χ3n) is 2.49. The average molecular weight is 266 g/mol. The smallest absolute Gasteiger partial charge is 0.0700 e. The molecule has 1 aromatic carbocycles. The van der Waals surface area contributed by atoms with Gasteiger partial charge in [0.05, 0.1) is 12.0 Å². The van der Waals surface area contributed by atoms with Crippen LogP contribution in [0.2, 0.25) is 0 Å². The minimum Gasteiger partial charge on any atom is -0.198 e. The van der Waals surface area contributed by atoms with Crippen molar-refractivity contribution in [2.24, 2.45) is 0 Å². The fraction of sp³-hybridized carbons (Fsp3) is 0.462. The van der Waals surface area contributed by atoms with Crippen LogP contribution in [0, 0.1) is 11.3 Å². The summed E-state index contributed by atoms with van der Waals surface area (Å²) in [5.74, 6) is -0.0460. The van der Waals surface area contributed by atoms with E-state index in [2.05, 4.69) is 54.9 Å². The van der Waals surface area contributed by atoms with Crippen LogP contribution in [0.25, 0.3) is 0 Å². The van der Waals surface area contributed by atoms with Crippen molar-refractivity contribution >= 4 is 15.9 Å². The zero-order valence-electron chi connectivity index (χ0n) is 9.63. The molecule has 0 aliphatic heterocycles. The van der Waals surface area contributed by atoms with Crippen LogP contribution < -0.4 is 0 Å². The first-order valence-corrected chi connectivity index (χ1v) is 5.85. The fourth-order valence-electron chi connectivity index (χ4n) is 1.48. The number of rotatable bonds is 1. The van der Waals surface area contributed by atoms with Gasteiger partial charge in [0.15, 0.2) is 0 Å². The van der Waals surface area contributed by atoms with Crippen molar-refractivity contribution in [3.63, 3.8) is 0 Å². The molecular weight excluding hydrogens is 250 g/mol. The van der Waals surface area contributed by atoms with Crippen LogP contribution in [0.4, 0.5) is 0 Å². The minimum atomic E-state index is -0.0460. The highest BCUT2D eigenvalue weighted by atomic mass is 79.9. The molecule has 1 nitrogen and oxygen atoms in total. The van der Waals surface area contributed by atoms with Gasteiger partial charge in [-0.3, -0.25) is 0 Å². The zero-order chi connectivity index (χ0) is 11.6. The summed E-state index contributed by atoms with van der Waals surface area (Å²) in [4.78, 5) is 0. The Morgan fingerprint density at radius 1 is 1.33 bits per heavy atom. The third-order valence-corrected chi connectivity index (χ3v) is 3.15. The molecule has 0 N–H and O–H groups in total. The number of halogens is 1. The summed E-state index contributed by atoms with van der Waals surface area (Å²) in [7, 11) is 0. The molecule has 0 aliphatic rings. The number of nitrogens with zero attached hydrogens (tertiary/aromatic N) is 1. The van der Waals surface area contributed by atoms with Crippen LogP contribution in [0.1, 0.15) is 44.7 Å². The maximum atomic E-state index is 8.84. The molecule has 15 heavy (non-hydrogen) atoms. The summed E-state index contributed by atoms with van der Waals surface area (Å²) in [6.07, 6.45) is 0. The summed E-state index contributed by atoms with van der Waals surface area (Å²) < 4.78 is 1.09. The number of benzene rings is 1. The molecule has 2 heteroatoms. The van der Waals surface area contributed by atoms with E-state index in [1.54, 1.807) is 0 Å². The average Bonchev–Trinajstić information content (AvgIpc) is 2.14. The van der Waals surface area contributed by atoms with Crippen LogP contribution in [-0.2, 0) is 5.41 Å². The highest BCUT2D eigenvalue weighted by Crippen LogP contribution is 2.31. The van der Waals surface area contributed by atoms with Gasteiger partial charge in [0.1, 0.15) is 0 Å². The van der Waals surface area contributed by atoms with Gasteiger partial charge >= 0.3 is 0 Å². The largest absolute Gasteiger partial charge is 0.198 e. The van der Waals surface area contributed by atoms with Crippen LogP contribution >= 0.6 is 15.9 Å². The zero-order valence-corrected chi connectivity index (χ0v) is 11.2. The maximum absolute atomic E-state index is 8.84. The molecule has 0 heterocycles. The van der Waals surface area contributed by atoms with Crippen molar-refractivity contribution in [1.29, 1.82) is 5.26 Å². The van der Waals surface area contributed by atoms with E-state index in [1.807, 2.05) is 13.0 Å². The van der Waals surface area contributed by atoms with Crippen molar-refractivity contribution in [3.05, 3.63) is 33.8 Å². The first-order valence-electron chi connectivity index (χ1n) is 5.06. The maximum Gasteiger partial charge on any atom is 0.0700 e. The second-order valence-corrected chi connectivity index (χ2v) is 5.69. The Morgan fingerprint density at radius 2 is 1.93 bits per heavy atom. The molecule has 0 radical (unpaired) electrons. The molecule has 0 fully saturated rings. The normalized spacial score (nSPS) is 13.3. The predicted molar refractivity (Wildman–Crippen MR) is 66.9 cm³/mol. The molecule has 0 bridgehead atoms. The molecule has 1 atom stereocenters. The second kappa shape index (κ2) is 4.37. The Bertz CT molecular complexity index is 396. The van der Waals surface area contributed by atoms with E-state index in [9.17, 15) is 0 Å².